The van der Waals surface area contributed by atoms with Crippen LogP contribution >= 0.6 is 0 Å². The molecule has 1 unspecified atom stereocenters. The van der Waals surface area contributed by atoms with Crippen LogP contribution in [0.5, 0.6) is 0 Å². The molecule has 0 radical (unpaired) electrons. The minimum absolute atomic E-state index is 0.00846. The first-order valence-corrected chi connectivity index (χ1v) is 12.6. The number of rotatable bonds is 5. The van der Waals surface area contributed by atoms with Gasteiger partial charge in [0.1, 0.15) is 17.8 Å². The minimum Gasteiger partial charge on any atom is -0.367 e. The summed E-state index contributed by atoms with van der Waals surface area (Å²) < 4.78 is 0. The highest BCUT2D eigenvalue weighted by molar-refractivity contribution is 5.92. The van der Waals surface area contributed by atoms with Gasteiger partial charge in [-0.2, -0.15) is 0 Å². The van der Waals surface area contributed by atoms with Gasteiger partial charge in [0.25, 0.3) is 5.91 Å². The maximum atomic E-state index is 13.3. The van der Waals surface area contributed by atoms with E-state index in [0.717, 1.165) is 84.2 Å². The van der Waals surface area contributed by atoms with E-state index in [4.69, 9.17) is 0 Å². The Bertz CT molecular complexity index is 1010. The molecule has 1 aromatic carbocycles. The standard InChI is InChI=1S/C26H34N6O2/c33-19-30-12-8-22(9-13-30)29-25-16-24(27-18-28-25)26(34)31-11-3-6-23(10-15-31)32-14-7-20-4-1-2-5-21(20)17-32/h1-2,4-5,16,18-19,22-23H,3,6-15,17H2,(H,27,28,29). The maximum Gasteiger partial charge on any atom is 0.272 e. The lowest BCUT2D eigenvalue weighted by Crippen LogP contribution is -2.40. The number of nitrogens with one attached hydrogen (secondary N) is 1. The second-order valence-corrected chi connectivity index (χ2v) is 9.71. The maximum absolute atomic E-state index is 13.3. The van der Waals surface area contributed by atoms with Gasteiger partial charge in [0.2, 0.25) is 6.41 Å². The zero-order valence-electron chi connectivity index (χ0n) is 19.7. The van der Waals surface area contributed by atoms with E-state index >= 15 is 0 Å². The molecule has 0 bridgehead atoms. The number of benzene rings is 1. The smallest absolute Gasteiger partial charge is 0.272 e. The molecule has 2 aromatic rings. The Morgan fingerprint density at radius 1 is 0.971 bits per heavy atom. The second-order valence-electron chi connectivity index (χ2n) is 9.71. The number of fused-ring (bicyclic) bond motifs is 1. The van der Waals surface area contributed by atoms with Crippen molar-refractivity contribution >= 4 is 18.1 Å². The summed E-state index contributed by atoms with van der Waals surface area (Å²) in [6, 6.07) is 11.3. The molecular weight excluding hydrogens is 428 g/mol. The van der Waals surface area contributed by atoms with Gasteiger partial charge < -0.3 is 15.1 Å². The number of carbonyl (C=O) groups excluding carboxylic acids is 2. The Hall–Kier alpha value is -3.00. The predicted molar refractivity (Wildman–Crippen MR) is 130 cm³/mol. The van der Waals surface area contributed by atoms with Crippen molar-refractivity contribution in [1.29, 1.82) is 0 Å². The van der Waals surface area contributed by atoms with Gasteiger partial charge in [-0.3, -0.25) is 14.5 Å². The molecule has 2 saturated heterocycles. The summed E-state index contributed by atoms with van der Waals surface area (Å²) in [4.78, 5) is 39.2. The summed E-state index contributed by atoms with van der Waals surface area (Å²) in [5.41, 5.74) is 3.38. The molecule has 5 rings (SSSR count). The van der Waals surface area contributed by atoms with Crippen molar-refractivity contribution in [2.75, 3.05) is 38.0 Å². The number of carbonyl (C=O) groups is 2. The van der Waals surface area contributed by atoms with Crippen molar-refractivity contribution in [1.82, 2.24) is 24.7 Å². The Morgan fingerprint density at radius 3 is 2.62 bits per heavy atom. The fourth-order valence-corrected chi connectivity index (χ4v) is 5.55. The monoisotopic (exact) mass is 462 g/mol. The number of hydrogen-bond acceptors (Lipinski definition) is 6. The molecule has 0 saturated carbocycles. The van der Waals surface area contributed by atoms with E-state index in [1.54, 1.807) is 11.0 Å². The molecule has 2 fully saturated rings. The summed E-state index contributed by atoms with van der Waals surface area (Å²) in [6.07, 6.45) is 8.39. The second kappa shape index (κ2) is 10.5. The zero-order chi connectivity index (χ0) is 23.3. The van der Waals surface area contributed by atoms with E-state index in [1.807, 2.05) is 4.90 Å². The van der Waals surface area contributed by atoms with Crippen molar-refractivity contribution < 1.29 is 9.59 Å². The summed E-state index contributed by atoms with van der Waals surface area (Å²) in [5.74, 6) is 0.674. The van der Waals surface area contributed by atoms with E-state index < -0.39 is 0 Å². The van der Waals surface area contributed by atoms with Gasteiger partial charge >= 0.3 is 0 Å². The van der Waals surface area contributed by atoms with Gasteiger partial charge in [-0.1, -0.05) is 24.3 Å². The topological polar surface area (TPSA) is 81.7 Å². The highest BCUT2D eigenvalue weighted by Gasteiger charge is 2.28. The average Bonchev–Trinajstić information content (AvgIpc) is 3.15. The van der Waals surface area contributed by atoms with Crippen LogP contribution in [0.25, 0.3) is 0 Å². The first kappa shape index (κ1) is 22.8. The zero-order valence-corrected chi connectivity index (χ0v) is 19.7. The molecule has 8 heteroatoms. The molecule has 4 heterocycles. The molecule has 1 aromatic heterocycles. The lowest BCUT2D eigenvalue weighted by atomic mass is 9.97. The van der Waals surface area contributed by atoms with Crippen LogP contribution in [0.15, 0.2) is 36.7 Å². The number of hydrogen-bond donors (Lipinski definition) is 1. The van der Waals surface area contributed by atoms with Gasteiger partial charge in [0.05, 0.1) is 0 Å². The van der Waals surface area contributed by atoms with Crippen molar-refractivity contribution in [2.24, 2.45) is 0 Å². The van der Waals surface area contributed by atoms with Crippen LogP contribution in [-0.4, -0.2) is 81.8 Å². The molecular formula is C26H34N6O2. The fraction of sp³-hybridized carbons (Fsp3) is 0.538. The van der Waals surface area contributed by atoms with E-state index in [-0.39, 0.29) is 11.9 Å². The quantitative estimate of drug-likeness (QED) is 0.688. The normalized spacial score (nSPS) is 22.1. The third kappa shape index (κ3) is 5.22. The number of nitrogens with zero attached hydrogens (tertiary/aromatic N) is 5. The lowest BCUT2D eigenvalue weighted by Gasteiger charge is -2.35. The van der Waals surface area contributed by atoms with Crippen LogP contribution in [-0.2, 0) is 17.8 Å². The largest absolute Gasteiger partial charge is 0.367 e. The SMILES string of the molecule is O=CN1CCC(Nc2cc(C(=O)N3CCCC(N4CCc5ccccc5C4)CC3)ncn2)CC1. The molecule has 1 N–H and O–H groups in total. The van der Waals surface area contributed by atoms with Crippen molar-refractivity contribution in [3.63, 3.8) is 0 Å². The minimum atomic E-state index is -0.00846. The highest BCUT2D eigenvalue weighted by atomic mass is 16.2. The molecule has 8 nitrogen and oxygen atoms in total. The molecule has 0 aliphatic carbocycles. The van der Waals surface area contributed by atoms with Crippen molar-refractivity contribution in [3.05, 3.63) is 53.5 Å². The van der Waals surface area contributed by atoms with Crippen LogP contribution in [0.2, 0.25) is 0 Å². The van der Waals surface area contributed by atoms with Gasteiger partial charge in [0, 0.05) is 57.4 Å². The molecule has 1 atom stereocenters. The van der Waals surface area contributed by atoms with Gasteiger partial charge in [0.15, 0.2) is 0 Å². The average molecular weight is 463 g/mol. The molecule has 3 aliphatic heterocycles. The summed E-state index contributed by atoms with van der Waals surface area (Å²) in [5, 5.41) is 3.42. The van der Waals surface area contributed by atoms with E-state index in [0.29, 0.717) is 17.6 Å². The molecule has 0 spiro atoms. The first-order chi connectivity index (χ1) is 16.7. The Labute approximate surface area is 201 Å². The van der Waals surface area contributed by atoms with Crippen LogP contribution in [0.4, 0.5) is 5.82 Å². The summed E-state index contributed by atoms with van der Waals surface area (Å²) >= 11 is 0. The first-order valence-electron chi connectivity index (χ1n) is 12.6. The van der Waals surface area contributed by atoms with Crippen LogP contribution < -0.4 is 5.32 Å². The van der Waals surface area contributed by atoms with Crippen molar-refractivity contribution in [2.45, 2.75) is 57.2 Å². The Balaban J connectivity index is 1.17. The third-order valence-electron chi connectivity index (χ3n) is 7.58. The molecule has 3 aliphatic rings. The molecule has 2 amide bonds. The lowest BCUT2D eigenvalue weighted by molar-refractivity contribution is -0.118. The predicted octanol–water partition coefficient (Wildman–Crippen LogP) is 2.56. The van der Waals surface area contributed by atoms with Crippen LogP contribution in [0.1, 0.15) is 53.7 Å². The number of aromatic nitrogens is 2. The fourth-order valence-electron chi connectivity index (χ4n) is 5.55. The van der Waals surface area contributed by atoms with Gasteiger partial charge in [-0.25, -0.2) is 9.97 Å². The molecule has 34 heavy (non-hydrogen) atoms. The molecule has 180 valence electrons. The number of piperidine rings is 1. The van der Waals surface area contributed by atoms with E-state index in [2.05, 4.69) is 44.5 Å². The van der Waals surface area contributed by atoms with Crippen LogP contribution in [0, 0.1) is 0 Å². The Morgan fingerprint density at radius 2 is 1.79 bits per heavy atom. The third-order valence-corrected chi connectivity index (χ3v) is 7.58. The highest BCUT2D eigenvalue weighted by Crippen LogP contribution is 2.25. The number of likely N-dealkylation sites (tertiary alicyclic amines) is 2. The number of anilines is 1. The Kier molecular flexibility index (Phi) is 7.04. The summed E-state index contributed by atoms with van der Waals surface area (Å²) in [6.45, 7) is 5.14. The van der Waals surface area contributed by atoms with Crippen molar-refractivity contribution in [3.8, 4) is 0 Å². The van der Waals surface area contributed by atoms with E-state index in [9.17, 15) is 9.59 Å². The number of amides is 2. The van der Waals surface area contributed by atoms with E-state index in [1.165, 1.54) is 17.5 Å². The van der Waals surface area contributed by atoms with Crippen LogP contribution in [0.3, 0.4) is 0 Å². The van der Waals surface area contributed by atoms with Gasteiger partial charge in [-0.05, 0) is 49.7 Å². The summed E-state index contributed by atoms with van der Waals surface area (Å²) in [7, 11) is 0. The van der Waals surface area contributed by atoms with Gasteiger partial charge in [-0.15, -0.1) is 0 Å².